The van der Waals surface area contributed by atoms with E-state index in [0.29, 0.717) is 18.9 Å². The molecule has 2 rings (SSSR count). The van der Waals surface area contributed by atoms with Crippen LogP contribution in [0.2, 0.25) is 0 Å². The Kier molecular flexibility index (Phi) is 7.09. The second-order valence-electron chi connectivity index (χ2n) is 7.00. The van der Waals surface area contributed by atoms with Crippen molar-refractivity contribution in [2.75, 3.05) is 13.2 Å². The maximum Gasteiger partial charge on any atom is 0.258 e. The Morgan fingerprint density at radius 2 is 1.81 bits per heavy atom. The summed E-state index contributed by atoms with van der Waals surface area (Å²) in [5, 5.41) is 2.86. The van der Waals surface area contributed by atoms with Gasteiger partial charge < -0.3 is 14.8 Å². The molecule has 0 aliphatic carbocycles. The van der Waals surface area contributed by atoms with Crippen LogP contribution in [0.1, 0.15) is 38.8 Å². The van der Waals surface area contributed by atoms with Gasteiger partial charge in [-0.2, -0.15) is 0 Å². The maximum atomic E-state index is 12.1. The third-order valence-corrected chi connectivity index (χ3v) is 4.52. The summed E-state index contributed by atoms with van der Waals surface area (Å²) in [4.78, 5) is 12.1. The summed E-state index contributed by atoms with van der Waals surface area (Å²) in [6.45, 7) is 9.36. The number of benzene rings is 2. The molecule has 0 radical (unpaired) electrons. The molecule has 5 heteroatoms. The lowest BCUT2D eigenvalue weighted by Crippen LogP contribution is -2.28. The van der Waals surface area contributed by atoms with E-state index >= 15 is 0 Å². The highest BCUT2D eigenvalue weighted by Crippen LogP contribution is 2.31. The van der Waals surface area contributed by atoms with Gasteiger partial charge in [-0.3, -0.25) is 4.79 Å². The quantitative estimate of drug-likeness (QED) is 0.697. The Labute approximate surface area is 164 Å². The van der Waals surface area contributed by atoms with Crippen molar-refractivity contribution < 1.29 is 14.3 Å². The maximum absolute atomic E-state index is 12.1. The Hall–Kier alpha value is -2.01. The average molecular weight is 420 g/mol. The van der Waals surface area contributed by atoms with Gasteiger partial charge in [-0.25, -0.2) is 0 Å². The topological polar surface area (TPSA) is 47.6 Å². The molecular weight excluding hydrogens is 394 g/mol. The van der Waals surface area contributed by atoms with E-state index in [1.54, 1.807) is 0 Å². The number of ether oxygens (including phenoxy) is 2. The van der Waals surface area contributed by atoms with Crippen molar-refractivity contribution in [1.29, 1.82) is 0 Å². The van der Waals surface area contributed by atoms with Crippen molar-refractivity contribution in [3.05, 3.63) is 58.1 Å². The molecule has 0 aromatic heterocycles. The predicted molar refractivity (Wildman–Crippen MR) is 108 cm³/mol. The standard InChI is InChI=1S/C21H26BrNO3/c1-5-25-18-9-7-6-8-15(18)13-23-20(24)14-26-19-11-10-16(12-17(19)22)21(2,3)4/h6-12H,5,13-14H2,1-4H3,(H,23,24). The third kappa shape index (κ3) is 5.77. The molecule has 0 saturated heterocycles. The first-order valence-electron chi connectivity index (χ1n) is 8.71. The lowest BCUT2D eigenvalue weighted by molar-refractivity contribution is -0.123. The molecule has 140 valence electrons. The molecule has 0 fully saturated rings. The molecule has 26 heavy (non-hydrogen) atoms. The van der Waals surface area contributed by atoms with E-state index in [2.05, 4.69) is 42.0 Å². The molecule has 4 nitrogen and oxygen atoms in total. The van der Waals surface area contributed by atoms with E-state index in [1.807, 2.05) is 49.4 Å². The number of nitrogens with one attached hydrogen (secondary N) is 1. The number of rotatable bonds is 7. The molecule has 1 amide bonds. The largest absolute Gasteiger partial charge is 0.494 e. The lowest BCUT2D eigenvalue weighted by Gasteiger charge is -2.20. The van der Waals surface area contributed by atoms with Crippen LogP contribution in [0.4, 0.5) is 0 Å². The number of hydrogen-bond donors (Lipinski definition) is 1. The van der Waals surface area contributed by atoms with E-state index in [9.17, 15) is 4.79 Å². The van der Waals surface area contributed by atoms with Gasteiger partial charge in [0.2, 0.25) is 0 Å². The number of para-hydroxylation sites is 1. The molecule has 0 unspecified atom stereocenters. The van der Waals surface area contributed by atoms with Gasteiger partial charge in [0.25, 0.3) is 5.91 Å². The average Bonchev–Trinajstić information content (AvgIpc) is 2.59. The fourth-order valence-electron chi connectivity index (χ4n) is 2.42. The van der Waals surface area contributed by atoms with Gasteiger partial charge in [-0.1, -0.05) is 45.0 Å². The van der Waals surface area contributed by atoms with Crippen LogP contribution in [-0.4, -0.2) is 19.1 Å². The van der Waals surface area contributed by atoms with Crippen molar-refractivity contribution in [3.8, 4) is 11.5 Å². The van der Waals surface area contributed by atoms with Crippen LogP contribution in [-0.2, 0) is 16.8 Å². The van der Waals surface area contributed by atoms with Crippen molar-refractivity contribution in [2.45, 2.75) is 39.7 Å². The molecule has 0 aliphatic rings. The zero-order valence-electron chi connectivity index (χ0n) is 15.8. The highest BCUT2D eigenvalue weighted by molar-refractivity contribution is 9.10. The molecule has 0 bridgehead atoms. The van der Waals surface area contributed by atoms with Crippen molar-refractivity contribution >= 4 is 21.8 Å². The summed E-state index contributed by atoms with van der Waals surface area (Å²) in [5.74, 6) is 1.27. The minimum Gasteiger partial charge on any atom is -0.494 e. The summed E-state index contributed by atoms with van der Waals surface area (Å²) >= 11 is 3.52. The number of halogens is 1. The first-order valence-corrected chi connectivity index (χ1v) is 9.50. The van der Waals surface area contributed by atoms with E-state index in [-0.39, 0.29) is 17.9 Å². The van der Waals surface area contributed by atoms with Crippen LogP contribution in [0, 0.1) is 0 Å². The highest BCUT2D eigenvalue weighted by atomic mass is 79.9. The Morgan fingerprint density at radius 1 is 1.08 bits per heavy atom. The van der Waals surface area contributed by atoms with Crippen molar-refractivity contribution in [1.82, 2.24) is 5.32 Å². The number of carbonyl (C=O) groups excluding carboxylic acids is 1. The van der Waals surface area contributed by atoms with Gasteiger partial charge >= 0.3 is 0 Å². The molecule has 1 N–H and O–H groups in total. The van der Waals surface area contributed by atoms with E-state index < -0.39 is 0 Å². The fraction of sp³-hybridized carbons (Fsp3) is 0.381. The summed E-state index contributed by atoms with van der Waals surface area (Å²) < 4.78 is 12.1. The second kappa shape index (κ2) is 9.08. The summed E-state index contributed by atoms with van der Waals surface area (Å²) in [5.41, 5.74) is 2.21. The van der Waals surface area contributed by atoms with Crippen LogP contribution in [0.25, 0.3) is 0 Å². The fourth-order valence-corrected chi connectivity index (χ4v) is 2.91. The smallest absolute Gasteiger partial charge is 0.258 e. The summed E-state index contributed by atoms with van der Waals surface area (Å²) in [7, 11) is 0. The van der Waals surface area contributed by atoms with Gasteiger partial charge in [0.15, 0.2) is 6.61 Å². The zero-order valence-corrected chi connectivity index (χ0v) is 17.4. The molecule has 0 heterocycles. The first kappa shape index (κ1) is 20.3. The highest BCUT2D eigenvalue weighted by Gasteiger charge is 2.15. The molecule has 0 atom stereocenters. The number of amides is 1. The van der Waals surface area contributed by atoms with Crippen LogP contribution in [0.3, 0.4) is 0 Å². The molecule has 0 saturated carbocycles. The molecule has 2 aromatic carbocycles. The van der Waals surface area contributed by atoms with E-state index in [0.717, 1.165) is 15.8 Å². The van der Waals surface area contributed by atoms with Crippen LogP contribution >= 0.6 is 15.9 Å². The van der Waals surface area contributed by atoms with Gasteiger partial charge in [-0.05, 0) is 52.0 Å². The monoisotopic (exact) mass is 419 g/mol. The normalized spacial score (nSPS) is 11.1. The first-order chi connectivity index (χ1) is 12.3. The van der Waals surface area contributed by atoms with Crippen molar-refractivity contribution in [2.24, 2.45) is 0 Å². The van der Waals surface area contributed by atoms with E-state index in [1.165, 1.54) is 5.56 Å². The second-order valence-corrected chi connectivity index (χ2v) is 7.86. The minimum absolute atomic E-state index is 0.0374. The van der Waals surface area contributed by atoms with Gasteiger partial charge in [-0.15, -0.1) is 0 Å². The summed E-state index contributed by atoms with van der Waals surface area (Å²) in [6, 6.07) is 13.6. The third-order valence-electron chi connectivity index (χ3n) is 3.91. The Bertz CT molecular complexity index is 753. The van der Waals surface area contributed by atoms with Crippen LogP contribution in [0.5, 0.6) is 11.5 Å². The summed E-state index contributed by atoms with van der Waals surface area (Å²) in [6.07, 6.45) is 0. The minimum atomic E-state index is -0.178. The lowest BCUT2D eigenvalue weighted by atomic mass is 9.87. The van der Waals surface area contributed by atoms with Gasteiger partial charge in [0.1, 0.15) is 11.5 Å². The molecule has 0 spiro atoms. The van der Waals surface area contributed by atoms with Gasteiger partial charge in [0, 0.05) is 12.1 Å². The van der Waals surface area contributed by atoms with Crippen LogP contribution < -0.4 is 14.8 Å². The van der Waals surface area contributed by atoms with Gasteiger partial charge in [0.05, 0.1) is 11.1 Å². The number of carbonyl (C=O) groups is 1. The molecule has 0 aliphatic heterocycles. The molecule has 2 aromatic rings. The van der Waals surface area contributed by atoms with E-state index in [4.69, 9.17) is 9.47 Å². The zero-order chi connectivity index (χ0) is 19.2. The number of hydrogen-bond acceptors (Lipinski definition) is 3. The Balaban J connectivity index is 1.90. The SMILES string of the molecule is CCOc1ccccc1CNC(=O)COc1ccc(C(C)(C)C)cc1Br. The van der Waals surface area contributed by atoms with Crippen molar-refractivity contribution in [3.63, 3.8) is 0 Å². The molecular formula is C21H26BrNO3. The Morgan fingerprint density at radius 3 is 2.46 bits per heavy atom. The van der Waals surface area contributed by atoms with Crippen LogP contribution in [0.15, 0.2) is 46.9 Å². The predicted octanol–water partition coefficient (Wildman–Crippen LogP) is 4.84.